The van der Waals surface area contributed by atoms with E-state index in [1.165, 1.54) is 0 Å². The Labute approximate surface area is 105 Å². The number of aromatic amines is 1. The lowest BCUT2D eigenvalue weighted by molar-refractivity contribution is 0.0996. The van der Waals surface area contributed by atoms with Crippen molar-refractivity contribution in [3.63, 3.8) is 0 Å². The Balaban J connectivity index is 2.23. The van der Waals surface area contributed by atoms with Gasteiger partial charge in [-0.1, -0.05) is 28.1 Å². The summed E-state index contributed by atoms with van der Waals surface area (Å²) in [5.74, 6) is -0.484. The van der Waals surface area contributed by atoms with Crippen molar-refractivity contribution in [1.82, 2.24) is 15.4 Å². The van der Waals surface area contributed by atoms with Gasteiger partial charge in [0.2, 0.25) is 5.82 Å². The summed E-state index contributed by atoms with van der Waals surface area (Å²) >= 11 is 3.33. The maximum atomic E-state index is 11.0. The summed E-state index contributed by atoms with van der Waals surface area (Å²) in [7, 11) is 0. The molecule has 2 rings (SSSR count). The van der Waals surface area contributed by atoms with Gasteiger partial charge in [0, 0.05) is 10.7 Å². The molecule has 0 saturated heterocycles. The summed E-state index contributed by atoms with van der Waals surface area (Å²) in [6.45, 7) is 0. The lowest BCUT2D eigenvalue weighted by atomic mass is 10.2. The van der Waals surface area contributed by atoms with E-state index in [2.05, 4.69) is 36.3 Å². The van der Waals surface area contributed by atoms with Crippen LogP contribution in [0.4, 0.5) is 5.82 Å². The monoisotopic (exact) mass is 293 g/mol. The number of carbonyl (C=O) groups excluding carboxylic acids is 1. The van der Waals surface area contributed by atoms with Crippen LogP contribution in [-0.4, -0.2) is 27.5 Å². The molecule has 0 fully saturated rings. The van der Waals surface area contributed by atoms with E-state index in [0.717, 1.165) is 10.0 Å². The molecular weight excluding hydrogens is 286 g/mol. The molecular formula is C10H8BrN5O. The van der Waals surface area contributed by atoms with Crippen LogP contribution in [-0.2, 0) is 0 Å². The predicted molar refractivity (Wildman–Crippen MR) is 66.3 cm³/mol. The average molecular weight is 294 g/mol. The third kappa shape index (κ3) is 2.76. The van der Waals surface area contributed by atoms with E-state index in [-0.39, 0.29) is 11.5 Å². The van der Waals surface area contributed by atoms with Crippen molar-refractivity contribution in [3.05, 3.63) is 40.0 Å². The fraction of sp³-hybridized carbons (Fsp3) is 0. The van der Waals surface area contributed by atoms with Gasteiger partial charge in [0.05, 0.1) is 0 Å². The number of nitrogens with two attached hydrogens (primary N) is 1. The Hall–Kier alpha value is -2.02. The van der Waals surface area contributed by atoms with Gasteiger partial charge in [-0.05, 0) is 17.7 Å². The van der Waals surface area contributed by atoms with Crippen molar-refractivity contribution in [2.75, 3.05) is 0 Å². The lowest BCUT2D eigenvalue weighted by Gasteiger charge is -1.93. The molecule has 0 aliphatic carbocycles. The highest BCUT2D eigenvalue weighted by Crippen LogP contribution is 2.13. The molecule has 0 spiro atoms. The SMILES string of the molecule is NC(=O)c1n[nH]nc1N=Cc1ccc(Br)cc1. The van der Waals surface area contributed by atoms with E-state index in [4.69, 9.17) is 5.73 Å². The van der Waals surface area contributed by atoms with E-state index in [1.54, 1.807) is 6.21 Å². The molecule has 17 heavy (non-hydrogen) atoms. The molecule has 0 atom stereocenters. The van der Waals surface area contributed by atoms with E-state index in [9.17, 15) is 4.79 Å². The van der Waals surface area contributed by atoms with Crippen LogP contribution in [0, 0.1) is 0 Å². The second kappa shape index (κ2) is 4.88. The first-order chi connectivity index (χ1) is 8.16. The van der Waals surface area contributed by atoms with E-state index in [1.807, 2.05) is 24.3 Å². The number of nitrogens with one attached hydrogen (secondary N) is 1. The van der Waals surface area contributed by atoms with Crippen LogP contribution in [0.15, 0.2) is 33.7 Å². The molecule has 1 heterocycles. The van der Waals surface area contributed by atoms with Gasteiger partial charge in [0.25, 0.3) is 5.91 Å². The number of benzene rings is 1. The number of hydrogen-bond donors (Lipinski definition) is 2. The van der Waals surface area contributed by atoms with Crippen molar-refractivity contribution >= 4 is 33.9 Å². The van der Waals surface area contributed by atoms with Gasteiger partial charge >= 0.3 is 0 Å². The minimum absolute atomic E-state index is 0.0263. The molecule has 1 amide bonds. The summed E-state index contributed by atoms with van der Waals surface area (Å²) in [5.41, 5.74) is 6.01. The Morgan fingerprint density at radius 2 is 2.06 bits per heavy atom. The molecule has 0 unspecified atom stereocenters. The number of rotatable bonds is 3. The zero-order chi connectivity index (χ0) is 12.3. The largest absolute Gasteiger partial charge is 0.364 e. The Morgan fingerprint density at radius 3 is 2.71 bits per heavy atom. The molecule has 0 aliphatic rings. The number of hydrogen-bond acceptors (Lipinski definition) is 4. The second-order valence-corrected chi connectivity index (χ2v) is 4.09. The summed E-state index contributed by atoms with van der Waals surface area (Å²) < 4.78 is 0.980. The number of primary amides is 1. The fourth-order valence-electron chi connectivity index (χ4n) is 1.17. The third-order valence-electron chi connectivity index (χ3n) is 1.97. The molecule has 1 aromatic heterocycles. The normalized spacial score (nSPS) is 10.9. The molecule has 6 nitrogen and oxygen atoms in total. The standard InChI is InChI=1S/C10H8BrN5O/c11-7-3-1-6(2-4-7)5-13-10-8(9(12)17)14-16-15-10/h1-5H,(H2,12,17)(H,14,15,16). The molecule has 0 bridgehead atoms. The van der Waals surface area contributed by atoms with Crippen molar-refractivity contribution in [2.24, 2.45) is 10.7 Å². The maximum absolute atomic E-state index is 11.0. The molecule has 7 heteroatoms. The van der Waals surface area contributed by atoms with Gasteiger partial charge in [-0.3, -0.25) is 4.79 Å². The minimum Gasteiger partial charge on any atom is -0.364 e. The highest BCUT2D eigenvalue weighted by Gasteiger charge is 2.11. The smallest absolute Gasteiger partial charge is 0.273 e. The van der Waals surface area contributed by atoms with Crippen LogP contribution >= 0.6 is 15.9 Å². The third-order valence-corrected chi connectivity index (χ3v) is 2.50. The average Bonchev–Trinajstić information content (AvgIpc) is 2.76. The Bertz CT molecular complexity index is 560. The first kappa shape index (κ1) is 11.5. The van der Waals surface area contributed by atoms with Crippen LogP contribution in [0.25, 0.3) is 0 Å². The predicted octanol–water partition coefficient (Wildman–Crippen LogP) is 1.42. The second-order valence-electron chi connectivity index (χ2n) is 3.17. The van der Waals surface area contributed by atoms with E-state index < -0.39 is 5.91 Å². The number of carbonyl (C=O) groups is 1. The molecule has 2 aromatic rings. The number of nitrogens with zero attached hydrogens (tertiary/aromatic N) is 3. The summed E-state index contributed by atoms with van der Waals surface area (Å²) in [4.78, 5) is 15.0. The molecule has 0 radical (unpaired) electrons. The van der Waals surface area contributed by atoms with Crippen molar-refractivity contribution < 1.29 is 4.79 Å². The summed E-state index contributed by atoms with van der Waals surface area (Å²) in [6, 6.07) is 7.52. The van der Waals surface area contributed by atoms with Crippen LogP contribution in [0.5, 0.6) is 0 Å². The summed E-state index contributed by atoms with van der Waals surface area (Å²) in [5, 5.41) is 9.64. The topological polar surface area (TPSA) is 97.0 Å². The van der Waals surface area contributed by atoms with E-state index in [0.29, 0.717) is 0 Å². The van der Waals surface area contributed by atoms with Gasteiger partial charge < -0.3 is 5.73 Å². The fourth-order valence-corrected chi connectivity index (χ4v) is 1.43. The van der Waals surface area contributed by atoms with Crippen LogP contribution in [0.1, 0.15) is 16.1 Å². The molecule has 0 aliphatic heterocycles. The van der Waals surface area contributed by atoms with Crippen molar-refractivity contribution in [3.8, 4) is 0 Å². The molecule has 3 N–H and O–H groups in total. The van der Waals surface area contributed by atoms with Gasteiger partial charge in [0.15, 0.2) is 5.69 Å². The van der Waals surface area contributed by atoms with Crippen LogP contribution in [0.3, 0.4) is 0 Å². The van der Waals surface area contributed by atoms with Gasteiger partial charge in [-0.15, -0.1) is 10.2 Å². The zero-order valence-electron chi connectivity index (χ0n) is 8.59. The zero-order valence-corrected chi connectivity index (χ0v) is 10.2. The number of amides is 1. The minimum atomic E-state index is -0.665. The summed E-state index contributed by atoms with van der Waals surface area (Å²) in [6.07, 6.45) is 1.58. The van der Waals surface area contributed by atoms with Crippen LogP contribution in [0.2, 0.25) is 0 Å². The Kier molecular flexibility index (Phi) is 3.29. The molecule has 86 valence electrons. The quantitative estimate of drug-likeness (QED) is 0.838. The van der Waals surface area contributed by atoms with Crippen LogP contribution < -0.4 is 5.73 Å². The molecule has 0 saturated carbocycles. The van der Waals surface area contributed by atoms with Crippen molar-refractivity contribution in [2.45, 2.75) is 0 Å². The highest BCUT2D eigenvalue weighted by atomic mass is 79.9. The maximum Gasteiger partial charge on any atom is 0.273 e. The van der Waals surface area contributed by atoms with Gasteiger partial charge in [-0.25, -0.2) is 4.99 Å². The molecule has 1 aromatic carbocycles. The number of aromatic nitrogens is 3. The highest BCUT2D eigenvalue weighted by molar-refractivity contribution is 9.10. The first-order valence-electron chi connectivity index (χ1n) is 4.67. The van der Waals surface area contributed by atoms with Crippen molar-refractivity contribution in [1.29, 1.82) is 0 Å². The number of halogens is 1. The number of H-pyrrole nitrogens is 1. The first-order valence-corrected chi connectivity index (χ1v) is 5.46. The van der Waals surface area contributed by atoms with Gasteiger partial charge in [0.1, 0.15) is 0 Å². The lowest BCUT2D eigenvalue weighted by Crippen LogP contribution is -2.11. The number of aliphatic imine (C=N–C) groups is 1. The Morgan fingerprint density at radius 1 is 1.35 bits per heavy atom. The van der Waals surface area contributed by atoms with E-state index >= 15 is 0 Å². The van der Waals surface area contributed by atoms with Gasteiger partial charge in [-0.2, -0.15) is 5.21 Å².